The molecule has 2 aromatic rings. The third-order valence-corrected chi connectivity index (χ3v) is 3.58. The van der Waals surface area contributed by atoms with E-state index >= 15 is 0 Å². The van der Waals surface area contributed by atoms with E-state index in [2.05, 4.69) is 26.9 Å². The molecule has 0 saturated carbocycles. The van der Waals surface area contributed by atoms with Gasteiger partial charge in [-0.3, -0.25) is 0 Å². The highest BCUT2D eigenvalue weighted by molar-refractivity contribution is 5.90. The van der Waals surface area contributed by atoms with Crippen molar-refractivity contribution in [2.24, 2.45) is 5.92 Å². The molecule has 4 heteroatoms. The zero-order valence-corrected chi connectivity index (χ0v) is 10.4. The summed E-state index contributed by atoms with van der Waals surface area (Å²) in [6.45, 7) is 3.34. The largest absolute Gasteiger partial charge is 0.383 e. The second-order valence-electron chi connectivity index (χ2n) is 4.85. The van der Waals surface area contributed by atoms with E-state index < -0.39 is 0 Å². The van der Waals surface area contributed by atoms with Crippen molar-refractivity contribution < 1.29 is 0 Å². The van der Waals surface area contributed by atoms with Gasteiger partial charge in [0, 0.05) is 11.9 Å². The van der Waals surface area contributed by atoms with Gasteiger partial charge in [0.15, 0.2) is 0 Å². The summed E-state index contributed by atoms with van der Waals surface area (Å²) in [6.07, 6.45) is 4.33. The first-order valence-electron chi connectivity index (χ1n) is 6.58. The molecule has 3 rings (SSSR count). The van der Waals surface area contributed by atoms with Crippen molar-refractivity contribution in [1.29, 1.82) is 0 Å². The van der Waals surface area contributed by atoms with E-state index in [0.717, 1.165) is 35.6 Å². The molecule has 1 aromatic carbocycles. The average molecular weight is 242 g/mol. The fourth-order valence-electron chi connectivity index (χ4n) is 2.52. The van der Waals surface area contributed by atoms with Gasteiger partial charge in [0.1, 0.15) is 0 Å². The van der Waals surface area contributed by atoms with Gasteiger partial charge in [-0.25, -0.2) is 0 Å². The number of benzene rings is 1. The summed E-state index contributed by atoms with van der Waals surface area (Å²) in [5, 5.41) is 16.2. The summed E-state index contributed by atoms with van der Waals surface area (Å²) in [5.41, 5.74) is 2.04. The van der Waals surface area contributed by atoms with Crippen LogP contribution >= 0.6 is 0 Å². The van der Waals surface area contributed by atoms with Gasteiger partial charge in [-0.1, -0.05) is 18.2 Å². The molecule has 94 valence electrons. The van der Waals surface area contributed by atoms with Gasteiger partial charge in [-0.15, -0.1) is 0 Å². The minimum atomic E-state index is 0.818. The molecule has 1 aromatic heterocycles. The van der Waals surface area contributed by atoms with Crippen molar-refractivity contribution in [1.82, 2.24) is 15.5 Å². The average Bonchev–Trinajstić information content (AvgIpc) is 2.92. The molecule has 0 amide bonds. The van der Waals surface area contributed by atoms with Gasteiger partial charge in [-0.2, -0.15) is 10.2 Å². The van der Waals surface area contributed by atoms with Crippen LogP contribution in [0.25, 0.3) is 10.9 Å². The minimum absolute atomic E-state index is 0.818. The van der Waals surface area contributed by atoms with Crippen molar-refractivity contribution in [3.05, 3.63) is 30.5 Å². The third kappa shape index (κ3) is 2.43. The van der Waals surface area contributed by atoms with E-state index in [1.165, 1.54) is 19.4 Å². The Kier molecular flexibility index (Phi) is 3.37. The highest BCUT2D eigenvalue weighted by Gasteiger charge is 2.13. The van der Waals surface area contributed by atoms with Gasteiger partial charge < -0.3 is 10.6 Å². The highest BCUT2D eigenvalue weighted by Crippen LogP contribution is 2.20. The number of rotatable bonds is 4. The molecule has 2 N–H and O–H groups in total. The van der Waals surface area contributed by atoms with Crippen molar-refractivity contribution >= 4 is 16.6 Å². The van der Waals surface area contributed by atoms with Crippen molar-refractivity contribution in [2.75, 3.05) is 25.0 Å². The Labute approximate surface area is 107 Å². The van der Waals surface area contributed by atoms with Crippen LogP contribution in [-0.4, -0.2) is 29.8 Å². The lowest BCUT2D eigenvalue weighted by Gasteiger charge is -2.11. The van der Waals surface area contributed by atoms with Gasteiger partial charge in [0.25, 0.3) is 0 Å². The molecule has 4 nitrogen and oxygen atoms in total. The van der Waals surface area contributed by atoms with Gasteiger partial charge in [0.2, 0.25) is 0 Å². The monoisotopic (exact) mass is 242 g/mol. The number of hydrogen-bond donors (Lipinski definition) is 2. The molecule has 0 bridgehead atoms. The number of fused-ring (bicyclic) bond motifs is 1. The summed E-state index contributed by atoms with van der Waals surface area (Å²) in [7, 11) is 0. The van der Waals surface area contributed by atoms with Crippen LogP contribution in [0, 0.1) is 5.92 Å². The molecule has 1 saturated heterocycles. The van der Waals surface area contributed by atoms with Crippen LogP contribution in [0.15, 0.2) is 30.5 Å². The first-order chi connectivity index (χ1) is 8.93. The van der Waals surface area contributed by atoms with Gasteiger partial charge >= 0.3 is 0 Å². The number of anilines is 1. The first-order valence-corrected chi connectivity index (χ1v) is 6.58. The molecule has 0 aliphatic carbocycles. The maximum Gasteiger partial charge on any atom is 0.0950 e. The van der Waals surface area contributed by atoms with Crippen molar-refractivity contribution in [3.8, 4) is 0 Å². The molecule has 2 heterocycles. The van der Waals surface area contributed by atoms with Crippen LogP contribution in [0.4, 0.5) is 5.69 Å². The summed E-state index contributed by atoms with van der Waals surface area (Å²) in [4.78, 5) is 0. The van der Waals surface area contributed by atoms with E-state index in [-0.39, 0.29) is 0 Å². The smallest absolute Gasteiger partial charge is 0.0950 e. The van der Waals surface area contributed by atoms with Crippen molar-refractivity contribution in [3.63, 3.8) is 0 Å². The quantitative estimate of drug-likeness (QED) is 0.861. The lowest BCUT2D eigenvalue weighted by atomic mass is 10.1. The molecule has 18 heavy (non-hydrogen) atoms. The van der Waals surface area contributed by atoms with Crippen LogP contribution in [0.3, 0.4) is 0 Å². The number of hydrogen-bond acceptors (Lipinski definition) is 4. The number of nitrogens with zero attached hydrogens (tertiary/aromatic N) is 2. The summed E-state index contributed by atoms with van der Waals surface area (Å²) in [6, 6.07) is 8.11. The van der Waals surface area contributed by atoms with E-state index in [4.69, 9.17) is 0 Å². The zero-order valence-electron chi connectivity index (χ0n) is 10.4. The standard InChI is InChI=1S/C14H18N4/c1-2-4-13-12(3-1)14(10-17-18-13)16-8-6-11-5-7-15-9-11/h1-4,10-11,15H,5-9H2,(H,16,18). The first kappa shape index (κ1) is 11.4. The molecular formula is C14H18N4. The third-order valence-electron chi connectivity index (χ3n) is 3.58. The molecule has 1 aliphatic heterocycles. The van der Waals surface area contributed by atoms with Crippen molar-refractivity contribution in [2.45, 2.75) is 12.8 Å². The highest BCUT2D eigenvalue weighted by atomic mass is 15.1. The van der Waals surface area contributed by atoms with E-state index in [9.17, 15) is 0 Å². The molecule has 1 fully saturated rings. The zero-order chi connectivity index (χ0) is 12.2. The van der Waals surface area contributed by atoms with Gasteiger partial charge in [-0.05, 0) is 37.9 Å². The topological polar surface area (TPSA) is 49.8 Å². The summed E-state index contributed by atoms with van der Waals surface area (Å²) in [5.74, 6) is 0.818. The lowest BCUT2D eigenvalue weighted by molar-refractivity contribution is 0.549. The summed E-state index contributed by atoms with van der Waals surface area (Å²) < 4.78 is 0. The lowest BCUT2D eigenvalue weighted by Crippen LogP contribution is -2.13. The summed E-state index contributed by atoms with van der Waals surface area (Å²) >= 11 is 0. The Morgan fingerprint density at radius 3 is 3.17 bits per heavy atom. The maximum absolute atomic E-state index is 4.13. The predicted octanol–water partition coefficient (Wildman–Crippen LogP) is 2.04. The van der Waals surface area contributed by atoms with Crippen LogP contribution in [0.1, 0.15) is 12.8 Å². The number of aromatic nitrogens is 2. The van der Waals surface area contributed by atoms with E-state index in [0.29, 0.717) is 0 Å². The molecule has 1 aliphatic rings. The predicted molar refractivity (Wildman–Crippen MR) is 73.6 cm³/mol. The maximum atomic E-state index is 4.13. The Morgan fingerprint density at radius 2 is 2.28 bits per heavy atom. The van der Waals surface area contributed by atoms with E-state index in [1.54, 1.807) is 0 Å². The molecule has 0 radical (unpaired) electrons. The molecule has 1 atom stereocenters. The Morgan fingerprint density at radius 1 is 1.33 bits per heavy atom. The minimum Gasteiger partial charge on any atom is -0.383 e. The fraction of sp³-hybridized carbons (Fsp3) is 0.429. The van der Waals surface area contributed by atoms with Gasteiger partial charge in [0.05, 0.1) is 17.4 Å². The second-order valence-corrected chi connectivity index (χ2v) is 4.85. The van der Waals surface area contributed by atoms with Crippen LogP contribution < -0.4 is 10.6 Å². The van der Waals surface area contributed by atoms with Crippen LogP contribution in [0.2, 0.25) is 0 Å². The molecular weight excluding hydrogens is 224 g/mol. The fourth-order valence-corrected chi connectivity index (χ4v) is 2.52. The van der Waals surface area contributed by atoms with Crippen LogP contribution in [-0.2, 0) is 0 Å². The Balaban J connectivity index is 1.66. The SMILES string of the molecule is c1ccc2c(NCCC3CCNC3)cnnc2c1. The molecule has 1 unspecified atom stereocenters. The number of nitrogens with one attached hydrogen (secondary N) is 2. The van der Waals surface area contributed by atoms with E-state index in [1.807, 2.05) is 24.4 Å². The Hall–Kier alpha value is -1.68. The van der Waals surface area contributed by atoms with Crippen LogP contribution in [0.5, 0.6) is 0 Å². The normalized spacial score (nSPS) is 19.2. The molecule has 0 spiro atoms. The second kappa shape index (κ2) is 5.31. The Bertz CT molecular complexity index is 515.